The molecule has 1 amide bonds. The van der Waals surface area contributed by atoms with E-state index < -0.39 is 33.8 Å². The molecule has 0 saturated carbocycles. The number of ether oxygens (including phenoxy) is 1. The molecule has 27 heavy (non-hydrogen) atoms. The second kappa shape index (κ2) is 7.55. The van der Waals surface area contributed by atoms with Crippen LogP contribution in [0, 0.1) is 11.6 Å². The fourth-order valence-electron chi connectivity index (χ4n) is 2.71. The molecule has 1 fully saturated rings. The van der Waals surface area contributed by atoms with Crippen molar-refractivity contribution in [3.8, 4) is 11.5 Å². The van der Waals surface area contributed by atoms with E-state index in [-0.39, 0.29) is 23.9 Å². The lowest BCUT2D eigenvalue weighted by Crippen LogP contribution is -2.46. The normalized spacial score (nSPS) is 17.7. The highest BCUT2D eigenvalue weighted by Gasteiger charge is 2.37. The minimum absolute atomic E-state index is 0.0854. The number of benzene rings is 1. The van der Waals surface area contributed by atoms with Gasteiger partial charge in [0, 0.05) is 12.6 Å². The highest BCUT2D eigenvalue weighted by molar-refractivity contribution is 7.86. The molecule has 0 spiro atoms. The minimum Gasteiger partial charge on any atom is -0.456 e. The van der Waals surface area contributed by atoms with Crippen molar-refractivity contribution in [2.45, 2.75) is 18.9 Å². The summed E-state index contributed by atoms with van der Waals surface area (Å²) < 4.78 is 55.4. The van der Waals surface area contributed by atoms with Gasteiger partial charge in [0.2, 0.25) is 5.91 Å². The zero-order valence-corrected chi connectivity index (χ0v) is 14.7. The summed E-state index contributed by atoms with van der Waals surface area (Å²) in [5, 5.41) is 7.63. The first kappa shape index (κ1) is 19.1. The topological polar surface area (TPSA) is 115 Å². The third kappa shape index (κ3) is 4.56. The summed E-state index contributed by atoms with van der Waals surface area (Å²) in [6, 6.07) is 5.10. The van der Waals surface area contributed by atoms with Crippen LogP contribution in [0.3, 0.4) is 0 Å². The van der Waals surface area contributed by atoms with Gasteiger partial charge in [-0.05, 0) is 37.1 Å². The van der Waals surface area contributed by atoms with Gasteiger partial charge in [0.25, 0.3) is 10.2 Å². The van der Waals surface area contributed by atoms with Crippen molar-refractivity contribution >= 4 is 21.9 Å². The molecule has 0 radical (unpaired) electrons. The summed E-state index contributed by atoms with van der Waals surface area (Å²) in [7, 11) is -3.96. The number of anilines is 1. The van der Waals surface area contributed by atoms with E-state index in [0.717, 1.165) is 16.4 Å². The monoisotopic (exact) mass is 398 g/mol. The minimum atomic E-state index is -3.96. The maximum atomic E-state index is 13.2. The van der Waals surface area contributed by atoms with Crippen LogP contribution in [0.4, 0.5) is 14.6 Å². The molecule has 1 aliphatic rings. The van der Waals surface area contributed by atoms with Crippen LogP contribution in [0.1, 0.15) is 12.8 Å². The Morgan fingerprint density at radius 1 is 1.22 bits per heavy atom. The average Bonchev–Trinajstić information content (AvgIpc) is 3.10. The second-order valence-electron chi connectivity index (χ2n) is 5.86. The molecule has 1 atom stereocenters. The van der Waals surface area contributed by atoms with Crippen LogP contribution in [0.25, 0.3) is 0 Å². The zero-order chi connectivity index (χ0) is 19.6. The Labute approximate surface area is 154 Å². The number of pyridine rings is 1. The molecular weight excluding hydrogens is 382 g/mol. The van der Waals surface area contributed by atoms with E-state index in [0.29, 0.717) is 12.8 Å². The molecule has 2 heterocycles. The molecule has 11 heteroatoms. The zero-order valence-electron chi connectivity index (χ0n) is 13.9. The van der Waals surface area contributed by atoms with Crippen molar-refractivity contribution < 1.29 is 26.7 Å². The van der Waals surface area contributed by atoms with Crippen molar-refractivity contribution in [3.63, 3.8) is 0 Å². The Balaban J connectivity index is 1.65. The molecule has 1 aliphatic heterocycles. The summed E-state index contributed by atoms with van der Waals surface area (Å²) in [5.74, 6) is -2.06. The van der Waals surface area contributed by atoms with E-state index in [2.05, 4.69) is 10.3 Å². The lowest BCUT2D eigenvalue weighted by molar-refractivity contribution is -0.119. The van der Waals surface area contributed by atoms with E-state index in [1.54, 1.807) is 0 Å². The molecule has 3 N–H and O–H groups in total. The van der Waals surface area contributed by atoms with Crippen LogP contribution >= 0.6 is 0 Å². The van der Waals surface area contributed by atoms with Crippen molar-refractivity contribution in [1.29, 1.82) is 0 Å². The first-order valence-corrected chi connectivity index (χ1v) is 9.44. The molecule has 0 unspecified atom stereocenters. The van der Waals surface area contributed by atoms with E-state index in [1.807, 2.05) is 0 Å². The predicted molar refractivity (Wildman–Crippen MR) is 92.1 cm³/mol. The third-order valence-corrected chi connectivity index (χ3v) is 5.04. The molecule has 1 aromatic heterocycles. The lowest BCUT2D eigenvalue weighted by Gasteiger charge is -2.20. The third-order valence-electron chi connectivity index (χ3n) is 3.95. The number of aromatic nitrogens is 1. The number of rotatable bonds is 5. The summed E-state index contributed by atoms with van der Waals surface area (Å²) in [6.07, 6.45) is 2.17. The lowest BCUT2D eigenvalue weighted by atomic mass is 10.2. The standard InChI is InChI=1S/C16H16F2N4O4S/c17-12-5-3-10(8-13(12)18)26-11-4-6-15(20-9-11)21-16(23)14-2-1-7-22(14)27(19,24)25/h3-6,8-9,14H,1-2,7H2,(H2,19,24,25)(H,20,21,23)/t14-/m1/s1. The van der Waals surface area contributed by atoms with Gasteiger partial charge in [-0.3, -0.25) is 4.79 Å². The number of hydrogen-bond donors (Lipinski definition) is 2. The fraction of sp³-hybridized carbons (Fsp3) is 0.250. The summed E-state index contributed by atoms with van der Waals surface area (Å²) in [5.41, 5.74) is 0. The smallest absolute Gasteiger partial charge is 0.277 e. The van der Waals surface area contributed by atoms with Gasteiger partial charge in [0.1, 0.15) is 23.4 Å². The van der Waals surface area contributed by atoms with Crippen LogP contribution in [0.15, 0.2) is 36.5 Å². The van der Waals surface area contributed by atoms with E-state index in [4.69, 9.17) is 9.88 Å². The van der Waals surface area contributed by atoms with E-state index in [1.165, 1.54) is 24.4 Å². The van der Waals surface area contributed by atoms with Gasteiger partial charge >= 0.3 is 0 Å². The van der Waals surface area contributed by atoms with Gasteiger partial charge in [-0.25, -0.2) is 18.9 Å². The number of nitrogens with zero attached hydrogens (tertiary/aromatic N) is 2. The summed E-state index contributed by atoms with van der Waals surface area (Å²) in [4.78, 5) is 16.3. The highest BCUT2D eigenvalue weighted by Crippen LogP contribution is 2.24. The highest BCUT2D eigenvalue weighted by atomic mass is 32.2. The molecule has 1 saturated heterocycles. The maximum Gasteiger partial charge on any atom is 0.277 e. The van der Waals surface area contributed by atoms with Crippen LogP contribution in [0.5, 0.6) is 11.5 Å². The van der Waals surface area contributed by atoms with Crippen LogP contribution in [-0.4, -0.2) is 36.2 Å². The Bertz CT molecular complexity index is 953. The van der Waals surface area contributed by atoms with Crippen molar-refractivity contribution in [1.82, 2.24) is 9.29 Å². The number of halogens is 2. The van der Waals surface area contributed by atoms with Gasteiger partial charge in [-0.2, -0.15) is 12.7 Å². The number of hydrogen-bond acceptors (Lipinski definition) is 5. The summed E-state index contributed by atoms with van der Waals surface area (Å²) in [6.45, 7) is 0.186. The average molecular weight is 398 g/mol. The van der Waals surface area contributed by atoms with Gasteiger partial charge in [-0.15, -0.1) is 0 Å². The maximum absolute atomic E-state index is 13.2. The molecule has 1 aromatic carbocycles. The van der Waals surface area contributed by atoms with Gasteiger partial charge < -0.3 is 10.1 Å². The van der Waals surface area contributed by atoms with E-state index >= 15 is 0 Å². The SMILES string of the molecule is NS(=O)(=O)N1CCC[C@@H]1C(=O)Nc1ccc(Oc2ccc(F)c(F)c2)cn1. The second-order valence-corrected chi connectivity index (χ2v) is 7.36. The Morgan fingerprint density at radius 2 is 1.96 bits per heavy atom. The number of amides is 1. The number of nitrogens with one attached hydrogen (secondary N) is 1. The first-order chi connectivity index (χ1) is 12.7. The number of carbonyl (C=O) groups is 1. The molecule has 8 nitrogen and oxygen atoms in total. The quantitative estimate of drug-likeness (QED) is 0.796. The summed E-state index contributed by atoms with van der Waals surface area (Å²) >= 11 is 0. The van der Waals surface area contributed by atoms with Gasteiger partial charge in [-0.1, -0.05) is 0 Å². The molecular formula is C16H16F2N4O4S. The number of nitrogens with two attached hydrogens (primary N) is 1. The molecule has 0 bridgehead atoms. The van der Waals surface area contributed by atoms with Crippen LogP contribution < -0.4 is 15.2 Å². The largest absolute Gasteiger partial charge is 0.456 e. The fourth-order valence-corrected chi connectivity index (χ4v) is 3.65. The van der Waals surface area contributed by atoms with Crippen LogP contribution in [0.2, 0.25) is 0 Å². The molecule has 0 aliphatic carbocycles. The van der Waals surface area contributed by atoms with Crippen molar-refractivity contribution in [2.75, 3.05) is 11.9 Å². The molecule has 2 aromatic rings. The Morgan fingerprint density at radius 3 is 2.59 bits per heavy atom. The van der Waals surface area contributed by atoms with Gasteiger partial charge in [0.15, 0.2) is 11.6 Å². The van der Waals surface area contributed by atoms with Gasteiger partial charge in [0.05, 0.1) is 6.20 Å². The number of carbonyl (C=O) groups excluding carboxylic acids is 1. The molecule has 3 rings (SSSR count). The predicted octanol–water partition coefficient (Wildman–Crippen LogP) is 1.76. The van der Waals surface area contributed by atoms with Crippen molar-refractivity contribution in [2.24, 2.45) is 5.14 Å². The Kier molecular flexibility index (Phi) is 5.35. The van der Waals surface area contributed by atoms with Crippen LogP contribution in [-0.2, 0) is 15.0 Å². The Hall–Kier alpha value is -2.63. The van der Waals surface area contributed by atoms with E-state index in [9.17, 15) is 22.0 Å². The first-order valence-electron chi connectivity index (χ1n) is 7.93. The molecule has 144 valence electrons. The van der Waals surface area contributed by atoms with Crippen molar-refractivity contribution in [3.05, 3.63) is 48.2 Å².